The number of aromatic amines is 1. The standard InChI is InChI=1S/C12H14Br2N2O5/c13-4-1-6-7(2-5(4)14)16-12(15-6)11(21)10(20)9(19)8(18)3-17/h1-2,8-11,17-21H,3H2,(H,15,16)/t8?,9?,10?,11-/m0/s1. The maximum absolute atomic E-state index is 10.0. The lowest BCUT2D eigenvalue weighted by Gasteiger charge is -2.24. The van der Waals surface area contributed by atoms with Gasteiger partial charge in [-0.1, -0.05) is 0 Å². The number of imidazole rings is 1. The minimum Gasteiger partial charge on any atom is -0.394 e. The van der Waals surface area contributed by atoms with Crippen LogP contribution < -0.4 is 0 Å². The molecule has 0 saturated carbocycles. The fraction of sp³-hybridized carbons (Fsp3) is 0.417. The summed E-state index contributed by atoms with van der Waals surface area (Å²) in [6.45, 7) is -0.731. The molecule has 4 atom stereocenters. The summed E-state index contributed by atoms with van der Waals surface area (Å²) in [6.07, 6.45) is -6.48. The first-order chi connectivity index (χ1) is 9.85. The average molecular weight is 426 g/mol. The van der Waals surface area contributed by atoms with Crippen molar-refractivity contribution in [2.24, 2.45) is 0 Å². The number of halogens is 2. The molecule has 0 aliphatic rings. The van der Waals surface area contributed by atoms with E-state index in [9.17, 15) is 20.4 Å². The summed E-state index contributed by atoms with van der Waals surface area (Å²) in [5, 5.41) is 47.5. The summed E-state index contributed by atoms with van der Waals surface area (Å²) in [7, 11) is 0. The molecule has 0 amide bonds. The smallest absolute Gasteiger partial charge is 0.140 e. The third-order valence-electron chi connectivity index (χ3n) is 3.08. The van der Waals surface area contributed by atoms with Crippen LogP contribution in [0.15, 0.2) is 21.1 Å². The molecule has 2 rings (SSSR count). The molecule has 6 N–H and O–H groups in total. The highest BCUT2D eigenvalue weighted by molar-refractivity contribution is 9.13. The van der Waals surface area contributed by atoms with Gasteiger partial charge in [0.15, 0.2) is 0 Å². The predicted molar refractivity (Wildman–Crippen MR) is 81.6 cm³/mol. The van der Waals surface area contributed by atoms with Gasteiger partial charge in [-0.25, -0.2) is 4.98 Å². The summed E-state index contributed by atoms with van der Waals surface area (Å²) in [5.74, 6) is 0.0479. The maximum Gasteiger partial charge on any atom is 0.140 e. The zero-order valence-electron chi connectivity index (χ0n) is 10.6. The Morgan fingerprint density at radius 1 is 1.05 bits per heavy atom. The van der Waals surface area contributed by atoms with Crippen LogP contribution in [-0.4, -0.2) is 60.4 Å². The number of fused-ring (bicyclic) bond motifs is 1. The first kappa shape index (κ1) is 16.8. The molecule has 116 valence electrons. The molecule has 0 aliphatic heterocycles. The zero-order chi connectivity index (χ0) is 15.7. The van der Waals surface area contributed by atoms with Crippen LogP contribution >= 0.6 is 31.9 Å². The zero-order valence-corrected chi connectivity index (χ0v) is 13.8. The lowest BCUT2D eigenvalue weighted by molar-refractivity contribution is -0.117. The number of H-pyrrole nitrogens is 1. The van der Waals surface area contributed by atoms with E-state index in [2.05, 4.69) is 41.8 Å². The van der Waals surface area contributed by atoms with Crippen LogP contribution in [0, 0.1) is 0 Å². The van der Waals surface area contributed by atoms with E-state index in [0.717, 1.165) is 8.95 Å². The number of aromatic nitrogens is 2. The van der Waals surface area contributed by atoms with Crippen LogP contribution in [0.5, 0.6) is 0 Å². The highest BCUT2D eigenvalue weighted by atomic mass is 79.9. The molecule has 1 aromatic heterocycles. The number of benzene rings is 1. The van der Waals surface area contributed by atoms with Crippen molar-refractivity contribution in [3.63, 3.8) is 0 Å². The van der Waals surface area contributed by atoms with E-state index in [4.69, 9.17) is 5.11 Å². The summed E-state index contributed by atoms with van der Waals surface area (Å²) in [6, 6.07) is 3.46. The fourth-order valence-electron chi connectivity index (χ4n) is 1.85. The molecule has 0 fully saturated rings. The van der Waals surface area contributed by atoms with Gasteiger partial charge in [-0.2, -0.15) is 0 Å². The van der Waals surface area contributed by atoms with Gasteiger partial charge in [-0.3, -0.25) is 0 Å². The molecule has 0 spiro atoms. The summed E-state index contributed by atoms with van der Waals surface area (Å²) < 4.78 is 1.56. The molecule has 7 nitrogen and oxygen atoms in total. The van der Waals surface area contributed by atoms with Crippen LogP contribution in [0.1, 0.15) is 11.9 Å². The van der Waals surface area contributed by atoms with Gasteiger partial charge in [0.05, 0.1) is 17.6 Å². The second-order valence-electron chi connectivity index (χ2n) is 4.58. The molecule has 9 heteroatoms. The van der Waals surface area contributed by atoms with Gasteiger partial charge in [-0.05, 0) is 44.0 Å². The molecule has 21 heavy (non-hydrogen) atoms. The second kappa shape index (κ2) is 6.69. The van der Waals surface area contributed by atoms with Gasteiger partial charge >= 0.3 is 0 Å². The van der Waals surface area contributed by atoms with Crippen LogP contribution in [-0.2, 0) is 0 Å². The molecule has 1 heterocycles. The topological polar surface area (TPSA) is 130 Å². The van der Waals surface area contributed by atoms with Crippen molar-refractivity contribution < 1.29 is 25.5 Å². The predicted octanol–water partition coefficient (Wildman–Crippen LogP) is 0.196. The van der Waals surface area contributed by atoms with E-state index < -0.39 is 31.0 Å². The molecule has 0 saturated heterocycles. The van der Waals surface area contributed by atoms with Crippen molar-refractivity contribution in [3.05, 3.63) is 26.9 Å². The molecule has 0 radical (unpaired) electrons. The van der Waals surface area contributed by atoms with Crippen LogP contribution in [0.3, 0.4) is 0 Å². The van der Waals surface area contributed by atoms with E-state index in [1.807, 2.05) is 0 Å². The molecule has 0 aliphatic carbocycles. The molecule has 0 bridgehead atoms. The van der Waals surface area contributed by atoms with Crippen molar-refractivity contribution in [1.82, 2.24) is 9.97 Å². The second-order valence-corrected chi connectivity index (χ2v) is 6.29. The summed E-state index contributed by atoms with van der Waals surface area (Å²) >= 11 is 6.67. The minimum absolute atomic E-state index is 0.0479. The van der Waals surface area contributed by atoms with Crippen molar-refractivity contribution in [2.75, 3.05) is 6.61 Å². The van der Waals surface area contributed by atoms with Crippen LogP contribution in [0.4, 0.5) is 0 Å². The van der Waals surface area contributed by atoms with E-state index >= 15 is 0 Å². The van der Waals surface area contributed by atoms with Crippen molar-refractivity contribution in [3.8, 4) is 0 Å². The van der Waals surface area contributed by atoms with E-state index in [0.29, 0.717) is 11.0 Å². The van der Waals surface area contributed by atoms with Gasteiger partial charge in [0, 0.05) is 8.95 Å². The van der Waals surface area contributed by atoms with Gasteiger partial charge in [0.2, 0.25) is 0 Å². The Kier molecular flexibility index (Phi) is 5.36. The highest BCUT2D eigenvalue weighted by Gasteiger charge is 2.32. The largest absolute Gasteiger partial charge is 0.394 e. The van der Waals surface area contributed by atoms with E-state index in [1.54, 1.807) is 12.1 Å². The van der Waals surface area contributed by atoms with Gasteiger partial charge < -0.3 is 30.5 Å². The third-order valence-corrected chi connectivity index (χ3v) is 4.92. The van der Waals surface area contributed by atoms with Crippen molar-refractivity contribution in [2.45, 2.75) is 24.4 Å². The normalized spacial score (nSPS) is 17.7. The molecule has 3 unspecified atom stereocenters. The van der Waals surface area contributed by atoms with Crippen LogP contribution in [0.25, 0.3) is 11.0 Å². The Hall–Kier alpha value is -0.550. The van der Waals surface area contributed by atoms with Gasteiger partial charge in [-0.15, -0.1) is 0 Å². The van der Waals surface area contributed by atoms with Crippen LogP contribution in [0.2, 0.25) is 0 Å². The third kappa shape index (κ3) is 3.45. The number of hydrogen-bond donors (Lipinski definition) is 6. The fourth-order valence-corrected chi connectivity index (χ4v) is 2.52. The Balaban J connectivity index is 2.28. The molecule has 1 aromatic carbocycles. The molecular formula is C12H14Br2N2O5. The van der Waals surface area contributed by atoms with Crippen molar-refractivity contribution >= 4 is 42.9 Å². The number of aliphatic hydroxyl groups is 5. The van der Waals surface area contributed by atoms with E-state index in [-0.39, 0.29) is 5.82 Å². The maximum atomic E-state index is 10.0. The lowest BCUT2D eigenvalue weighted by atomic mass is 10.0. The van der Waals surface area contributed by atoms with Gasteiger partial charge in [0.25, 0.3) is 0 Å². The molecular weight excluding hydrogens is 412 g/mol. The lowest BCUT2D eigenvalue weighted by Crippen LogP contribution is -2.42. The van der Waals surface area contributed by atoms with E-state index in [1.165, 1.54) is 0 Å². The average Bonchev–Trinajstić information content (AvgIpc) is 2.87. The quantitative estimate of drug-likeness (QED) is 0.405. The monoisotopic (exact) mass is 424 g/mol. The number of aliphatic hydroxyl groups excluding tert-OH is 5. The number of hydrogen-bond acceptors (Lipinski definition) is 6. The minimum atomic E-state index is -1.70. The number of nitrogens with zero attached hydrogens (tertiary/aromatic N) is 1. The molecule has 2 aromatic rings. The highest BCUT2D eigenvalue weighted by Crippen LogP contribution is 2.29. The SMILES string of the molecule is OCC(O)C(O)C(O)[C@H](O)c1nc2cc(Br)c(Br)cc2[nH]1. The van der Waals surface area contributed by atoms with Gasteiger partial charge in [0.1, 0.15) is 30.2 Å². The number of nitrogens with one attached hydrogen (secondary N) is 1. The Morgan fingerprint density at radius 2 is 1.67 bits per heavy atom. The first-order valence-electron chi connectivity index (χ1n) is 6.03. The summed E-state index contributed by atoms with van der Waals surface area (Å²) in [5.41, 5.74) is 1.19. The summed E-state index contributed by atoms with van der Waals surface area (Å²) in [4.78, 5) is 6.96. The Labute approximate surface area is 136 Å². The Bertz CT molecular complexity index is 596. The van der Waals surface area contributed by atoms with Crippen molar-refractivity contribution in [1.29, 1.82) is 0 Å². The number of rotatable bonds is 5. The first-order valence-corrected chi connectivity index (χ1v) is 7.61. The Morgan fingerprint density at radius 3 is 2.29 bits per heavy atom.